The van der Waals surface area contributed by atoms with Crippen molar-refractivity contribution in [3.8, 4) is 5.69 Å². The molecule has 3 heteroatoms. The molecule has 0 spiro atoms. The van der Waals surface area contributed by atoms with Crippen LogP contribution < -0.4 is 0 Å². The number of aromatic nitrogens is 1. The molecule has 2 rings (SSSR count). The van der Waals surface area contributed by atoms with Crippen LogP contribution in [0, 0.1) is 13.8 Å². The maximum Gasteiger partial charge on any atom is 0.305 e. The number of aryl methyl sites for hydroxylation is 2. The third-order valence-corrected chi connectivity index (χ3v) is 3.38. The maximum absolute atomic E-state index is 11.2. The molecule has 0 radical (unpaired) electrons. The number of rotatable bonds is 4. The molecule has 0 aliphatic rings. The summed E-state index contributed by atoms with van der Waals surface area (Å²) in [6.45, 7) is 4.17. The van der Waals surface area contributed by atoms with Gasteiger partial charge in [0.15, 0.2) is 0 Å². The van der Waals surface area contributed by atoms with Crippen LogP contribution in [0.2, 0.25) is 0 Å². The van der Waals surface area contributed by atoms with Crippen molar-refractivity contribution in [2.24, 2.45) is 0 Å². The highest BCUT2D eigenvalue weighted by Crippen LogP contribution is 2.21. The molecule has 0 bridgehead atoms. The van der Waals surface area contributed by atoms with Gasteiger partial charge in [-0.1, -0.05) is 18.2 Å². The second-order valence-electron chi connectivity index (χ2n) is 4.64. The van der Waals surface area contributed by atoms with Crippen molar-refractivity contribution in [2.45, 2.75) is 26.7 Å². The van der Waals surface area contributed by atoms with Crippen LogP contribution in [0.15, 0.2) is 36.4 Å². The zero-order valence-electron chi connectivity index (χ0n) is 11.6. The van der Waals surface area contributed by atoms with Crippen LogP contribution in [0.3, 0.4) is 0 Å². The molecule has 100 valence electrons. The number of esters is 1. The fraction of sp³-hybridized carbons (Fsp3) is 0.312. The Hall–Kier alpha value is -2.03. The largest absolute Gasteiger partial charge is 0.469 e. The van der Waals surface area contributed by atoms with E-state index in [2.05, 4.69) is 41.4 Å². The third kappa shape index (κ3) is 2.87. The summed E-state index contributed by atoms with van der Waals surface area (Å²) in [4.78, 5) is 11.2. The normalized spacial score (nSPS) is 10.5. The molecule has 0 N–H and O–H groups in total. The molecule has 0 atom stereocenters. The SMILES string of the molecule is COC(=O)CCc1cc(C)n(-c2ccccc2)c1C. The van der Waals surface area contributed by atoms with Gasteiger partial charge in [-0.25, -0.2) is 0 Å². The van der Waals surface area contributed by atoms with Gasteiger partial charge in [0.05, 0.1) is 7.11 Å². The Morgan fingerprint density at radius 1 is 1.21 bits per heavy atom. The number of hydrogen-bond donors (Lipinski definition) is 0. The highest BCUT2D eigenvalue weighted by atomic mass is 16.5. The van der Waals surface area contributed by atoms with Gasteiger partial charge in [0.25, 0.3) is 0 Å². The Bertz CT molecular complexity index is 570. The highest BCUT2D eigenvalue weighted by molar-refractivity contribution is 5.69. The molecule has 2 aromatic rings. The molecule has 1 heterocycles. The number of hydrogen-bond acceptors (Lipinski definition) is 2. The highest BCUT2D eigenvalue weighted by Gasteiger charge is 2.11. The lowest BCUT2D eigenvalue weighted by Gasteiger charge is -2.09. The van der Waals surface area contributed by atoms with Gasteiger partial charge in [-0.15, -0.1) is 0 Å². The predicted octanol–water partition coefficient (Wildman–Crippen LogP) is 3.20. The van der Waals surface area contributed by atoms with Crippen molar-refractivity contribution < 1.29 is 9.53 Å². The lowest BCUT2D eigenvalue weighted by molar-refractivity contribution is -0.140. The molecule has 0 fully saturated rings. The van der Waals surface area contributed by atoms with Gasteiger partial charge in [-0.05, 0) is 44.0 Å². The molecule has 0 saturated carbocycles. The number of methoxy groups -OCH3 is 1. The van der Waals surface area contributed by atoms with Crippen LogP contribution in [0.25, 0.3) is 5.69 Å². The fourth-order valence-corrected chi connectivity index (χ4v) is 2.40. The van der Waals surface area contributed by atoms with E-state index in [1.165, 1.54) is 24.1 Å². The summed E-state index contributed by atoms with van der Waals surface area (Å²) in [6, 6.07) is 12.4. The van der Waals surface area contributed by atoms with Crippen LogP contribution >= 0.6 is 0 Å². The second-order valence-corrected chi connectivity index (χ2v) is 4.64. The van der Waals surface area contributed by atoms with E-state index in [9.17, 15) is 4.79 Å². The molecule has 0 aliphatic heterocycles. The Balaban J connectivity index is 2.28. The summed E-state index contributed by atoms with van der Waals surface area (Å²) in [5.74, 6) is -0.162. The van der Waals surface area contributed by atoms with E-state index >= 15 is 0 Å². The van der Waals surface area contributed by atoms with E-state index in [1.54, 1.807) is 0 Å². The molecule has 19 heavy (non-hydrogen) atoms. The minimum Gasteiger partial charge on any atom is -0.469 e. The summed E-state index contributed by atoms with van der Waals surface area (Å²) in [6.07, 6.45) is 1.15. The summed E-state index contributed by atoms with van der Waals surface area (Å²) in [5, 5.41) is 0. The van der Waals surface area contributed by atoms with Gasteiger partial charge in [0.2, 0.25) is 0 Å². The van der Waals surface area contributed by atoms with E-state index in [4.69, 9.17) is 0 Å². The molecule has 3 nitrogen and oxygen atoms in total. The molecule has 0 aliphatic carbocycles. The van der Waals surface area contributed by atoms with Gasteiger partial charge in [-0.3, -0.25) is 4.79 Å². The topological polar surface area (TPSA) is 31.2 Å². The van der Waals surface area contributed by atoms with Crippen molar-refractivity contribution in [3.05, 3.63) is 53.3 Å². The first-order valence-electron chi connectivity index (χ1n) is 6.43. The van der Waals surface area contributed by atoms with Crippen molar-refractivity contribution in [1.29, 1.82) is 0 Å². The van der Waals surface area contributed by atoms with Crippen LogP contribution in [0.4, 0.5) is 0 Å². The Morgan fingerprint density at radius 2 is 1.89 bits per heavy atom. The van der Waals surface area contributed by atoms with E-state index < -0.39 is 0 Å². The minimum atomic E-state index is -0.162. The quantitative estimate of drug-likeness (QED) is 0.788. The number of carbonyl (C=O) groups excluding carboxylic acids is 1. The molecule has 0 unspecified atom stereocenters. The molecule has 0 amide bonds. The standard InChI is InChI=1S/C16H19NO2/c1-12-11-14(9-10-16(18)19-3)13(2)17(12)15-7-5-4-6-8-15/h4-8,11H,9-10H2,1-3H3. The smallest absolute Gasteiger partial charge is 0.305 e. The van der Waals surface area contributed by atoms with Crippen LogP contribution in [-0.2, 0) is 16.0 Å². The zero-order chi connectivity index (χ0) is 13.8. The van der Waals surface area contributed by atoms with Crippen molar-refractivity contribution >= 4 is 5.97 Å². The Labute approximate surface area is 113 Å². The van der Waals surface area contributed by atoms with Gasteiger partial charge < -0.3 is 9.30 Å². The number of benzene rings is 1. The van der Waals surface area contributed by atoms with Gasteiger partial charge in [0, 0.05) is 23.5 Å². The van der Waals surface area contributed by atoms with Gasteiger partial charge in [0.1, 0.15) is 0 Å². The lowest BCUT2D eigenvalue weighted by Crippen LogP contribution is -2.03. The van der Waals surface area contributed by atoms with Crippen molar-refractivity contribution in [1.82, 2.24) is 4.57 Å². The number of para-hydroxylation sites is 1. The fourth-order valence-electron chi connectivity index (χ4n) is 2.40. The lowest BCUT2D eigenvalue weighted by atomic mass is 10.1. The van der Waals surface area contributed by atoms with E-state index in [-0.39, 0.29) is 5.97 Å². The summed E-state index contributed by atoms with van der Waals surface area (Å²) < 4.78 is 6.90. The summed E-state index contributed by atoms with van der Waals surface area (Å²) in [5.41, 5.74) is 4.73. The molecular formula is C16H19NO2. The summed E-state index contributed by atoms with van der Waals surface area (Å²) in [7, 11) is 1.43. The molecule has 0 saturated heterocycles. The molecular weight excluding hydrogens is 238 g/mol. The van der Waals surface area contributed by atoms with Crippen molar-refractivity contribution in [3.63, 3.8) is 0 Å². The molecule has 1 aromatic carbocycles. The zero-order valence-corrected chi connectivity index (χ0v) is 11.6. The third-order valence-electron chi connectivity index (χ3n) is 3.38. The van der Waals surface area contributed by atoms with E-state index in [1.807, 2.05) is 18.2 Å². The Kier molecular flexibility index (Phi) is 4.05. The number of carbonyl (C=O) groups is 1. The first-order valence-corrected chi connectivity index (χ1v) is 6.43. The van der Waals surface area contributed by atoms with Crippen LogP contribution in [0.5, 0.6) is 0 Å². The van der Waals surface area contributed by atoms with E-state index in [0.29, 0.717) is 6.42 Å². The average molecular weight is 257 g/mol. The van der Waals surface area contributed by atoms with Crippen molar-refractivity contribution in [2.75, 3.05) is 7.11 Å². The van der Waals surface area contributed by atoms with Crippen LogP contribution in [-0.4, -0.2) is 17.6 Å². The Morgan fingerprint density at radius 3 is 2.53 bits per heavy atom. The number of nitrogens with zero attached hydrogens (tertiary/aromatic N) is 1. The summed E-state index contributed by atoms with van der Waals surface area (Å²) >= 11 is 0. The first kappa shape index (κ1) is 13.4. The predicted molar refractivity (Wildman–Crippen MR) is 75.6 cm³/mol. The first-order chi connectivity index (χ1) is 9.13. The number of ether oxygens (including phenoxy) is 1. The second kappa shape index (κ2) is 5.74. The van der Waals surface area contributed by atoms with E-state index in [0.717, 1.165) is 12.1 Å². The van der Waals surface area contributed by atoms with Gasteiger partial charge in [-0.2, -0.15) is 0 Å². The minimum absolute atomic E-state index is 0.162. The van der Waals surface area contributed by atoms with Crippen LogP contribution in [0.1, 0.15) is 23.4 Å². The maximum atomic E-state index is 11.2. The average Bonchev–Trinajstić information content (AvgIpc) is 2.71. The monoisotopic (exact) mass is 257 g/mol. The molecule has 1 aromatic heterocycles. The van der Waals surface area contributed by atoms with Gasteiger partial charge >= 0.3 is 5.97 Å².